The molecule has 0 saturated carbocycles. The Morgan fingerprint density at radius 2 is 2.00 bits per heavy atom. The first-order valence-electron chi connectivity index (χ1n) is 5.49. The van der Waals surface area contributed by atoms with Gasteiger partial charge < -0.3 is 10.7 Å². The van der Waals surface area contributed by atoms with Gasteiger partial charge in [0.2, 0.25) is 0 Å². The van der Waals surface area contributed by atoms with Crippen LogP contribution in [0.4, 0.5) is 11.6 Å². The molecule has 6 heteroatoms. The lowest BCUT2D eigenvalue weighted by Crippen LogP contribution is -2.11. The monoisotopic (exact) mass is 307 g/mol. The highest BCUT2D eigenvalue weighted by Crippen LogP contribution is 2.21. The third kappa shape index (κ3) is 3.18. The van der Waals surface area contributed by atoms with Crippen molar-refractivity contribution in [1.29, 1.82) is 0 Å². The smallest absolute Gasteiger partial charge is 0.145 e. The average Bonchev–Trinajstić information content (AvgIpc) is 2.39. The standard InChI is InChI=1S/C12H14BrN5/c1-8(9-3-2-4-10(13)5-9)17-11-6-12(18-14)16-7-15-11/h2-8H,14H2,1H3,(H2,15,16,17,18). The second-order valence-electron chi connectivity index (χ2n) is 3.85. The molecule has 0 spiro atoms. The number of hydrazine groups is 1. The zero-order valence-electron chi connectivity index (χ0n) is 9.89. The van der Waals surface area contributed by atoms with E-state index in [1.807, 2.05) is 12.1 Å². The quantitative estimate of drug-likeness (QED) is 0.598. The van der Waals surface area contributed by atoms with Crippen molar-refractivity contribution in [2.75, 3.05) is 10.7 Å². The molecule has 0 aliphatic heterocycles. The molecule has 1 aromatic heterocycles. The normalized spacial score (nSPS) is 11.9. The number of nitrogens with two attached hydrogens (primary N) is 1. The number of hydrogen-bond donors (Lipinski definition) is 3. The van der Waals surface area contributed by atoms with Crippen LogP contribution in [0.25, 0.3) is 0 Å². The molecule has 94 valence electrons. The molecule has 1 heterocycles. The second kappa shape index (κ2) is 5.79. The number of anilines is 2. The van der Waals surface area contributed by atoms with Crippen LogP contribution >= 0.6 is 15.9 Å². The Balaban J connectivity index is 2.13. The van der Waals surface area contributed by atoms with Gasteiger partial charge in [0, 0.05) is 16.6 Å². The Hall–Kier alpha value is -1.66. The van der Waals surface area contributed by atoms with E-state index in [-0.39, 0.29) is 6.04 Å². The van der Waals surface area contributed by atoms with Crippen LogP contribution in [0.5, 0.6) is 0 Å². The number of halogens is 1. The van der Waals surface area contributed by atoms with Crippen LogP contribution in [0, 0.1) is 0 Å². The molecule has 0 aliphatic rings. The van der Waals surface area contributed by atoms with Gasteiger partial charge in [-0.1, -0.05) is 28.1 Å². The van der Waals surface area contributed by atoms with Gasteiger partial charge in [0.15, 0.2) is 0 Å². The van der Waals surface area contributed by atoms with E-state index in [4.69, 9.17) is 5.84 Å². The molecule has 2 rings (SSSR count). The molecule has 1 aromatic carbocycles. The van der Waals surface area contributed by atoms with Crippen LogP contribution in [0.1, 0.15) is 18.5 Å². The van der Waals surface area contributed by atoms with Crippen molar-refractivity contribution in [2.45, 2.75) is 13.0 Å². The van der Waals surface area contributed by atoms with Crippen molar-refractivity contribution in [3.05, 3.63) is 46.7 Å². The van der Waals surface area contributed by atoms with Gasteiger partial charge in [-0.25, -0.2) is 15.8 Å². The molecule has 18 heavy (non-hydrogen) atoms. The molecule has 1 unspecified atom stereocenters. The number of nitrogens with zero attached hydrogens (tertiary/aromatic N) is 2. The van der Waals surface area contributed by atoms with Gasteiger partial charge in [0.05, 0.1) is 0 Å². The summed E-state index contributed by atoms with van der Waals surface area (Å²) in [6, 6.07) is 10.0. The van der Waals surface area contributed by atoms with Gasteiger partial charge in [-0.05, 0) is 24.6 Å². The zero-order chi connectivity index (χ0) is 13.0. The molecule has 1 atom stereocenters. The summed E-state index contributed by atoms with van der Waals surface area (Å²) in [7, 11) is 0. The lowest BCUT2D eigenvalue weighted by atomic mass is 10.1. The van der Waals surface area contributed by atoms with E-state index < -0.39 is 0 Å². The van der Waals surface area contributed by atoms with Crippen molar-refractivity contribution in [3.8, 4) is 0 Å². The Morgan fingerprint density at radius 1 is 1.22 bits per heavy atom. The van der Waals surface area contributed by atoms with E-state index >= 15 is 0 Å². The fraction of sp³-hybridized carbons (Fsp3) is 0.167. The minimum atomic E-state index is 0.142. The fourth-order valence-corrected chi connectivity index (χ4v) is 2.01. The summed E-state index contributed by atoms with van der Waals surface area (Å²) < 4.78 is 1.06. The summed E-state index contributed by atoms with van der Waals surface area (Å²) in [5.41, 5.74) is 3.66. The predicted molar refractivity (Wildman–Crippen MR) is 76.0 cm³/mol. The Bertz CT molecular complexity index is 531. The van der Waals surface area contributed by atoms with Gasteiger partial charge in [-0.2, -0.15) is 0 Å². The SMILES string of the molecule is CC(Nc1cc(NN)ncn1)c1cccc(Br)c1. The minimum Gasteiger partial charge on any atom is -0.363 e. The number of hydrogen-bond acceptors (Lipinski definition) is 5. The molecule has 0 bridgehead atoms. The maximum absolute atomic E-state index is 5.31. The molecule has 4 N–H and O–H groups in total. The van der Waals surface area contributed by atoms with E-state index in [1.165, 1.54) is 11.9 Å². The lowest BCUT2D eigenvalue weighted by molar-refractivity contribution is 0.871. The van der Waals surface area contributed by atoms with Gasteiger partial charge in [-0.3, -0.25) is 0 Å². The first kappa shape index (κ1) is 12.8. The molecule has 2 aromatic rings. The summed E-state index contributed by atoms with van der Waals surface area (Å²) in [6.45, 7) is 2.07. The van der Waals surface area contributed by atoms with E-state index in [1.54, 1.807) is 6.07 Å². The summed E-state index contributed by atoms with van der Waals surface area (Å²) in [4.78, 5) is 8.10. The van der Waals surface area contributed by atoms with Gasteiger partial charge in [0.25, 0.3) is 0 Å². The third-order valence-electron chi connectivity index (χ3n) is 2.53. The molecular weight excluding hydrogens is 294 g/mol. The Kier molecular flexibility index (Phi) is 4.11. The second-order valence-corrected chi connectivity index (χ2v) is 4.77. The van der Waals surface area contributed by atoms with Crippen molar-refractivity contribution in [2.24, 2.45) is 5.84 Å². The fourth-order valence-electron chi connectivity index (χ4n) is 1.60. The summed E-state index contributed by atoms with van der Waals surface area (Å²) in [6.07, 6.45) is 1.46. The van der Waals surface area contributed by atoms with E-state index in [0.29, 0.717) is 5.82 Å². The third-order valence-corrected chi connectivity index (χ3v) is 3.02. The number of rotatable bonds is 4. The van der Waals surface area contributed by atoms with Crippen LogP contribution in [-0.4, -0.2) is 9.97 Å². The predicted octanol–water partition coefficient (Wildman–Crippen LogP) is 2.70. The summed E-state index contributed by atoms with van der Waals surface area (Å²) in [5.74, 6) is 6.61. The first-order valence-corrected chi connectivity index (χ1v) is 6.29. The van der Waals surface area contributed by atoms with Crippen LogP contribution in [0.15, 0.2) is 41.1 Å². The van der Waals surface area contributed by atoms with Crippen LogP contribution in [0.3, 0.4) is 0 Å². The average molecular weight is 308 g/mol. The molecule has 0 amide bonds. The number of nitrogen functional groups attached to an aromatic ring is 1. The highest BCUT2D eigenvalue weighted by molar-refractivity contribution is 9.10. The minimum absolute atomic E-state index is 0.142. The Morgan fingerprint density at radius 3 is 2.72 bits per heavy atom. The van der Waals surface area contributed by atoms with Crippen LogP contribution in [0.2, 0.25) is 0 Å². The maximum Gasteiger partial charge on any atom is 0.145 e. The first-order chi connectivity index (χ1) is 8.69. The highest BCUT2D eigenvalue weighted by Gasteiger charge is 2.06. The molecule has 0 aliphatic carbocycles. The van der Waals surface area contributed by atoms with Crippen LogP contribution in [-0.2, 0) is 0 Å². The zero-order valence-corrected chi connectivity index (χ0v) is 11.5. The van der Waals surface area contributed by atoms with E-state index in [9.17, 15) is 0 Å². The lowest BCUT2D eigenvalue weighted by Gasteiger charge is -2.15. The largest absolute Gasteiger partial charge is 0.363 e. The summed E-state index contributed by atoms with van der Waals surface area (Å²) in [5, 5.41) is 3.29. The maximum atomic E-state index is 5.31. The molecular formula is C12H14BrN5. The molecule has 0 radical (unpaired) electrons. The van der Waals surface area contributed by atoms with Gasteiger partial charge in [-0.15, -0.1) is 0 Å². The van der Waals surface area contributed by atoms with Gasteiger partial charge >= 0.3 is 0 Å². The van der Waals surface area contributed by atoms with Gasteiger partial charge in [0.1, 0.15) is 18.0 Å². The van der Waals surface area contributed by atoms with Crippen molar-refractivity contribution in [3.63, 3.8) is 0 Å². The highest BCUT2D eigenvalue weighted by atomic mass is 79.9. The van der Waals surface area contributed by atoms with Crippen molar-refractivity contribution in [1.82, 2.24) is 9.97 Å². The number of benzene rings is 1. The number of aromatic nitrogens is 2. The van der Waals surface area contributed by atoms with E-state index in [2.05, 4.69) is 55.7 Å². The molecule has 0 saturated heterocycles. The topological polar surface area (TPSA) is 75.9 Å². The van der Waals surface area contributed by atoms with Crippen LogP contribution < -0.4 is 16.6 Å². The summed E-state index contributed by atoms with van der Waals surface area (Å²) >= 11 is 3.46. The Labute approximate surface area is 114 Å². The number of nitrogens with one attached hydrogen (secondary N) is 2. The molecule has 5 nitrogen and oxygen atoms in total. The van der Waals surface area contributed by atoms with E-state index in [0.717, 1.165) is 10.3 Å². The van der Waals surface area contributed by atoms with Crippen molar-refractivity contribution < 1.29 is 0 Å². The van der Waals surface area contributed by atoms with Crippen molar-refractivity contribution >= 4 is 27.6 Å². The molecule has 0 fully saturated rings.